The van der Waals surface area contributed by atoms with Crippen LogP contribution in [0.15, 0.2) is 28.8 Å². The molecular formula is C19H26N2O2. The van der Waals surface area contributed by atoms with Crippen molar-refractivity contribution in [3.8, 4) is 5.75 Å². The Kier molecular flexibility index (Phi) is 5.01. The maximum Gasteiger partial charge on any atom is 0.137 e. The van der Waals surface area contributed by atoms with Gasteiger partial charge in [-0.05, 0) is 63.7 Å². The molecule has 1 aromatic carbocycles. The second-order valence-corrected chi connectivity index (χ2v) is 6.41. The molecule has 0 atom stereocenters. The summed E-state index contributed by atoms with van der Waals surface area (Å²) in [6.45, 7) is 7.41. The molecule has 2 heterocycles. The quantitative estimate of drug-likeness (QED) is 0.843. The third-order valence-electron chi connectivity index (χ3n) is 5.03. The summed E-state index contributed by atoms with van der Waals surface area (Å²) in [7, 11) is 1.76. The Morgan fingerprint density at radius 1 is 1.22 bits per heavy atom. The maximum atomic E-state index is 5.52. The Morgan fingerprint density at radius 3 is 2.61 bits per heavy atom. The first-order valence-electron chi connectivity index (χ1n) is 8.46. The van der Waals surface area contributed by atoms with Crippen LogP contribution in [0.4, 0.5) is 0 Å². The number of para-hydroxylation sites is 1. The van der Waals surface area contributed by atoms with Gasteiger partial charge in [-0.2, -0.15) is 0 Å². The summed E-state index contributed by atoms with van der Waals surface area (Å²) in [5.74, 6) is 2.61. The van der Waals surface area contributed by atoms with Crippen molar-refractivity contribution >= 4 is 0 Å². The van der Waals surface area contributed by atoms with E-state index in [1.54, 1.807) is 7.11 Å². The lowest BCUT2D eigenvalue weighted by atomic mass is 9.88. The highest BCUT2D eigenvalue weighted by Gasteiger charge is 2.23. The highest BCUT2D eigenvalue weighted by molar-refractivity contribution is 5.36. The summed E-state index contributed by atoms with van der Waals surface area (Å²) < 4.78 is 10.8. The van der Waals surface area contributed by atoms with E-state index in [1.807, 2.05) is 19.9 Å². The number of benzene rings is 1. The van der Waals surface area contributed by atoms with Gasteiger partial charge in [-0.3, -0.25) is 0 Å². The summed E-state index contributed by atoms with van der Waals surface area (Å²) in [6, 6.07) is 8.44. The Bertz CT molecular complexity index is 623. The molecule has 0 spiro atoms. The maximum absolute atomic E-state index is 5.52. The lowest BCUT2D eigenvalue weighted by molar-refractivity contribution is 0.212. The molecule has 0 amide bonds. The molecule has 0 bridgehead atoms. The van der Waals surface area contributed by atoms with Gasteiger partial charge in [0, 0.05) is 12.1 Å². The fourth-order valence-electron chi connectivity index (χ4n) is 3.60. The zero-order valence-electron chi connectivity index (χ0n) is 14.3. The van der Waals surface area contributed by atoms with Gasteiger partial charge in [0.15, 0.2) is 0 Å². The highest BCUT2D eigenvalue weighted by Crippen LogP contribution is 2.34. The van der Waals surface area contributed by atoms with E-state index in [4.69, 9.17) is 9.26 Å². The highest BCUT2D eigenvalue weighted by atomic mass is 16.5. The van der Waals surface area contributed by atoms with E-state index in [0.29, 0.717) is 5.92 Å². The molecule has 2 aromatic rings. The molecule has 1 aliphatic heterocycles. The van der Waals surface area contributed by atoms with E-state index in [1.165, 1.54) is 24.0 Å². The molecule has 0 N–H and O–H groups in total. The number of likely N-dealkylation sites (tertiary alicyclic amines) is 1. The van der Waals surface area contributed by atoms with E-state index in [9.17, 15) is 0 Å². The number of aromatic nitrogens is 1. The zero-order chi connectivity index (χ0) is 16.2. The molecule has 4 nitrogen and oxygen atoms in total. The van der Waals surface area contributed by atoms with Gasteiger partial charge in [-0.1, -0.05) is 23.4 Å². The predicted octanol–water partition coefficient (Wildman–Crippen LogP) is 3.72. The van der Waals surface area contributed by atoms with E-state index in [-0.39, 0.29) is 0 Å². The van der Waals surface area contributed by atoms with Crippen LogP contribution in [0.3, 0.4) is 0 Å². The van der Waals surface area contributed by atoms with Crippen molar-refractivity contribution < 1.29 is 9.26 Å². The Labute approximate surface area is 138 Å². The molecule has 3 rings (SSSR count). The largest absolute Gasteiger partial charge is 0.496 e. The number of piperidine rings is 1. The van der Waals surface area contributed by atoms with Crippen LogP contribution in [0.1, 0.15) is 41.3 Å². The van der Waals surface area contributed by atoms with Gasteiger partial charge < -0.3 is 14.2 Å². The first-order valence-corrected chi connectivity index (χ1v) is 8.46. The van der Waals surface area contributed by atoms with Crippen molar-refractivity contribution in [1.82, 2.24) is 10.1 Å². The van der Waals surface area contributed by atoms with E-state index >= 15 is 0 Å². The minimum atomic E-state index is 0.612. The van der Waals surface area contributed by atoms with Crippen LogP contribution in [0, 0.1) is 13.8 Å². The van der Waals surface area contributed by atoms with Gasteiger partial charge in [0.05, 0.1) is 12.8 Å². The lowest BCUT2D eigenvalue weighted by Gasteiger charge is -2.32. The number of hydrogen-bond donors (Lipinski definition) is 0. The first kappa shape index (κ1) is 16.1. The monoisotopic (exact) mass is 314 g/mol. The van der Waals surface area contributed by atoms with Crippen molar-refractivity contribution in [3.05, 3.63) is 46.8 Å². The van der Waals surface area contributed by atoms with Crippen LogP contribution in [0.2, 0.25) is 0 Å². The van der Waals surface area contributed by atoms with Crippen molar-refractivity contribution in [2.45, 2.75) is 39.0 Å². The van der Waals surface area contributed by atoms with Crippen molar-refractivity contribution in [1.29, 1.82) is 0 Å². The molecule has 1 fully saturated rings. The Balaban J connectivity index is 1.54. The van der Waals surface area contributed by atoms with Gasteiger partial charge in [0.1, 0.15) is 11.5 Å². The standard InChI is InChI=1S/C19H26N2O2/c1-14-17(15(2)23-20-14)10-13-21-11-8-16(9-12-21)18-6-4-5-7-19(18)22-3/h4-7,16H,8-13H2,1-3H3. The minimum absolute atomic E-state index is 0.612. The summed E-state index contributed by atoms with van der Waals surface area (Å²) in [5.41, 5.74) is 3.67. The number of ether oxygens (including phenoxy) is 1. The second kappa shape index (κ2) is 7.18. The number of methoxy groups -OCH3 is 1. The van der Waals surface area contributed by atoms with Gasteiger partial charge in [0.2, 0.25) is 0 Å². The van der Waals surface area contributed by atoms with E-state index in [0.717, 1.165) is 43.3 Å². The normalized spacial score (nSPS) is 16.7. The zero-order valence-corrected chi connectivity index (χ0v) is 14.3. The summed E-state index contributed by atoms with van der Waals surface area (Å²) in [5, 5.41) is 4.04. The van der Waals surface area contributed by atoms with Crippen molar-refractivity contribution in [2.24, 2.45) is 0 Å². The molecule has 0 saturated carbocycles. The lowest BCUT2D eigenvalue weighted by Crippen LogP contribution is -2.34. The molecule has 0 unspecified atom stereocenters. The van der Waals surface area contributed by atoms with Crippen molar-refractivity contribution in [2.75, 3.05) is 26.7 Å². The van der Waals surface area contributed by atoms with Crippen LogP contribution in [0.5, 0.6) is 5.75 Å². The van der Waals surface area contributed by atoms with Crippen LogP contribution < -0.4 is 4.74 Å². The third-order valence-corrected chi connectivity index (χ3v) is 5.03. The minimum Gasteiger partial charge on any atom is -0.496 e. The molecule has 124 valence electrons. The molecule has 1 saturated heterocycles. The number of hydrogen-bond acceptors (Lipinski definition) is 4. The van der Waals surface area contributed by atoms with E-state index in [2.05, 4.69) is 28.3 Å². The molecule has 4 heteroatoms. The summed E-state index contributed by atoms with van der Waals surface area (Å²) in [4.78, 5) is 2.55. The second-order valence-electron chi connectivity index (χ2n) is 6.41. The SMILES string of the molecule is COc1ccccc1C1CCN(CCc2c(C)noc2C)CC1. The third kappa shape index (κ3) is 3.58. The summed E-state index contributed by atoms with van der Waals surface area (Å²) in [6.07, 6.45) is 3.42. The van der Waals surface area contributed by atoms with Crippen LogP contribution >= 0.6 is 0 Å². The Hall–Kier alpha value is -1.81. The molecule has 1 aromatic heterocycles. The van der Waals surface area contributed by atoms with Gasteiger partial charge in [-0.25, -0.2) is 0 Å². The predicted molar refractivity (Wildman–Crippen MR) is 91.1 cm³/mol. The van der Waals surface area contributed by atoms with Gasteiger partial charge >= 0.3 is 0 Å². The Morgan fingerprint density at radius 2 is 1.96 bits per heavy atom. The fraction of sp³-hybridized carbons (Fsp3) is 0.526. The fourth-order valence-corrected chi connectivity index (χ4v) is 3.60. The van der Waals surface area contributed by atoms with Gasteiger partial charge in [-0.15, -0.1) is 0 Å². The number of nitrogens with zero attached hydrogens (tertiary/aromatic N) is 2. The molecule has 23 heavy (non-hydrogen) atoms. The smallest absolute Gasteiger partial charge is 0.137 e. The van der Waals surface area contributed by atoms with E-state index < -0.39 is 0 Å². The molecule has 0 radical (unpaired) electrons. The summed E-state index contributed by atoms with van der Waals surface area (Å²) >= 11 is 0. The topological polar surface area (TPSA) is 38.5 Å². The number of aryl methyl sites for hydroxylation is 2. The average Bonchev–Trinajstić information content (AvgIpc) is 2.92. The average molecular weight is 314 g/mol. The first-order chi connectivity index (χ1) is 11.2. The van der Waals surface area contributed by atoms with Crippen LogP contribution in [-0.2, 0) is 6.42 Å². The van der Waals surface area contributed by atoms with Crippen LogP contribution in [-0.4, -0.2) is 36.8 Å². The van der Waals surface area contributed by atoms with Crippen molar-refractivity contribution in [3.63, 3.8) is 0 Å². The van der Waals surface area contributed by atoms with Crippen LogP contribution in [0.25, 0.3) is 0 Å². The molecule has 1 aliphatic rings. The molecule has 0 aliphatic carbocycles. The number of rotatable bonds is 5. The molecular weight excluding hydrogens is 288 g/mol. The van der Waals surface area contributed by atoms with Gasteiger partial charge in [0.25, 0.3) is 0 Å².